The van der Waals surface area contributed by atoms with Gasteiger partial charge in [-0.25, -0.2) is 8.42 Å². The molecule has 0 spiro atoms. The number of hydrogen-bond acceptors (Lipinski definition) is 5. The number of aryl methyl sites for hydroxylation is 2. The summed E-state index contributed by atoms with van der Waals surface area (Å²) in [4.78, 5) is -0.109. The average Bonchev–Trinajstić information content (AvgIpc) is 2.64. The van der Waals surface area contributed by atoms with Crippen LogP contribution in [-0.4, -0.2) is 18.2 Å². The van der Waals surface area contributed by atoms with E-state index in [-0.39, 0.29) is 10.5 Å². The normalized spacial score (nSPS) is 11.1. The summed E-state index contributed by atoms with van der Waals surface area (Å²) in [6.07, 6.45) is 0. The summed E-state index contributed by atoms with van der Waals surface area (Å²) in [7, 11) is -2.16. The molecule has 2 aromatic rings. The Balaban J connectivity index is 2.51. The molecule has 0 amide bonds. The van der Waals surface area contributed by atoms with Gasteiger partial charge in [0.25, 0.3) is 10.0 Å². The molecule has 0 unspecified atom stereocenters. The molecule has 8 heteroatoms. The van der Waals surface area contributed by atoms with Crippen molar-refractivity contribution in [2.75, 3.05) is 10.5 Å². The summed E-state index contributed by atoms with van der Waals surface area (Å²) in [5.41, 5.74) is 7.57. The van der Waals surface area contributed by atoms with E-state index in [0.717, 1.165) is 0 Å². The Labute approximate surface area is 123 Å². The van der Waals surface area contributed by atoms with Crippen LogP contribution >= 0.6 is 0 Å². The lowest BCUT2D eigenvalue weighted by atomic mass is 10.2. The van der Waals surface area contributed by atoms with Crippen LogP contribution in [0.5, 0.6) is 0 Å². The van der Waals surface area contributed by atoms with E-state index < -0.39 is 10.0 Å². The van der Waals surface area contributed by atoms with E-state index in [2.05, 4.69) is 9.82 Å². The minimum atomic E-state index is -3.89. The van der Waals surface area contributed by atoms with E-state index in [0.29, 0.717) is 22.8 Å². The summed E-state index contributed by atoms with van der Waals surface area (Å²) in [5, 5.41) is 13.2. The number of rotatable bonds is 3. The Hall–Kier alpha value is -2.53. The van der Waals surface area contributed by atoms with Gasteiger partial charge in [-0.2, -0.15) is 10.4 Å². The van der Waals surface area contributed by atoms with Crippen molar-refractivity contribution in [3.05, 3.63) is 35.2 Å². The zero-order chi connectivity index (χ0) is 15.8. The summed E-state index contributed by atoms with van der Waals surface area (Å²) in [5.74, 6) is 0. The first-order valence-corrected chi connectivity index (χ1v) is 7.57. The molecule has 0 saturated heterocycles. The van der Waals surface area contributed by atoms with Gasteiger partial charge in [0, 0.05) is 12.7 Å². The van der Waals surface area contributed by atoms with Crippen molar-refractivity contribution < 1.29 is 8.42 Å². The molecule has 110 valence electrons. The number of nitrogen functional groups attached to an aromatic ring is 1. The minimum Gasteiger partial charge on any atom is -0.399 e. The van der Waals surface area contributed by atoms with Crippen molar-refractivity contribution >= 4 is 21.4 Å². The first-order chi connectivity index (χ1) is 9.76. The first kappa shape index (κ1) is 14.9. The third-order valence-electron chi connectivity index (χ3n) is 3.16. The average molecular weight is 305 g/mol. The van der Waals surface area contributed by atoms with Gasteiger partial charge in [-0.3, -0.25) is 9.40 Å². The molecule has 2 rings (SSSR count). The maximum absolute atomic E-state index is 12.5. The van der Waals surface area contributed by atoms with Crippen molar-refractivity contribution in [3.8, 4) is 6.07 Å². The van der Waals surface area contributed by atoms with Crippen LogP contribution in [0.25, 0.3) is 0 Å². The predicted molar refractivity (Wildman–Crippen MR) is 79.1 cm³/mol. The lowest BCUT2D eigenvalue weighted by molar-refractivity contribution is 0.601. The molecular formula is C13H15N5O2S. The summed E-state index contributed by atoms with van der Waals surface area (Å²) >= 11 is 0. The highest BCUT2D eigenvalue weighted by Gasteiger charge is 2.22. The Morgan fingerprint density at radius 2 is 2.05 bits per heavy atom. The van der Waals surface area contributed by atoms with E-state index in [1.807, 2.05) is 6.07 Å². The third kappa shape index (κ3) is 2.68. The quantitative estimate of drug-likeness (QED) is 0.829. The molecule has 3 N–H and O–H groups in total. The van der Waals surface area contributed by atoms with Gasteiger partial charge >= 0.3 is 0 Å². The van der Waals surface area contributed by atoms with Crippen LogP contribution in [0.2, 0.25) is 0 Å². The zero-order valence-corrected chi connectivity index (χ0v) is 12.7. The zero-order valence-electron chi connectivity index (χ0n) is 11.9. The van der Waals surface area contributed by atoms with Crippen molar-refractivity contribution in [1.29, 1.82) is 5.26 Å². The summed E-state index contributed by atoms with van der Waals surface area (Å²) in [6.45, 7) is 3.46. The number of anilines is 2. The molecule has 0 aliphatic heterocycles. The number of hydrogen-bond donors (Lipinski definition) is 2. The Bertz CT molecular complexity index is 846. The predicted octanol–water partition coefficient (Wildman–Crippen LogP) is 1.29. The molecule has 0 radical (unpaired) electrons. The van der Waals surface area contributed by atoms with Gasteiger partial charge in [0.1, 0.15) is 11.0 Å². The van der Waals surface area contributed by atoms with Crippen LogP contribution in [0.15, 0.2) is 23.1 Å². The highest BCUT2D eigenvalue weighted by atomic mass is 32.2. The second-order valence-corrected chi connectivity index (χ2v) is 6.29. The van der Waals surface area contributed by atoms with Gasteiger partial charge < -0.3 is 5.73 Å². The molecular weight excluding hydrogens is 290 g/mol. The standard InChI is InChI=1S/C13H15N5O2S/c1-8-13(9(2)18(3)16-8)17-21(19,20)12-5-4-11(15)6-10(12)7-14/h4-6,17H,15H2,1-3H3. The van der Waals surface area contributed by atoms with Crippen molar-refractivity contribution in [3.63, 3.8) is 0 Å². The monoisotopic (exact) mass is 305 g/mol. The SMILES string of the molecule is Cc1nn(C)c(C)c1NS(=O)(=O)c1ccc(N)cc1C#N. The highest BCUT2D eigenvalue weighted by molar-refractivity contribution is 7.92. The number of benzene rings is 1. The first-order valence-electron chi connectivity index (χ1n) is 6.09. The molecule has 0 bridgehead atoms. The van der Waals surface area contributed by atoms with Gasteiger partial charge in [-0.1, -0.05) is 0 Å². The van der Waals surface area contributed by atoms with Crippen molar-refractivity contribution in [2.24, 2.45) is 7.05 Å². The van der Waals surface area contributed by atoms with Gasteiger partial charge in [0.15, 0.2) is 0 Å². The number of nitrogens with two attached hydrogens (primary N) is 1. The Morgan fingerprint density at radius 1 is 1.38 bits per heavy atom. The van der Waals surface area contributed by atoms with Crippen LogP contribution in [0.4, 0.5) is 11.4 Å². The molecule has 0 aliphatic carbocycles. The maximum Gasteiger partial charge on any atom is 0.263 e. The fraction of sp³-hybridized carbons (Fsp3) is 0.231. The van der Waals surface area contributed by atoms with Crippen LogP contribution < -0.4 is 10.5 Å². The van der Waals surface area contributed by atoms with Crippen LogP contribution in [0.1, 0.15) is 17.0 Å². The van der Waals surface area contributed by atoms with Crippen molar-refractivity contribution in [2.45, 2.75) is 18.7 Å². The Morgan fingerprint density at radius 3 is 2.57 bits per heavy atom. The fourth-order valence-electron chi connectivity index (χ4n) is 1.98. The minimum absolute atomic E-state index is 0.00157. The van der Waals surface area contributed by atoms with Gasteiger partial charge in [-0.15, -0.1) is 0 Å². The van der Waals surface area contributed by atoms with E-state index in [9.17, 15) is 8.42 Å². The van der Waals surface area contributed by atoms with E-state index in [1.165, 1.54) is 18.2 Å². The fourth-order valence-corrected chi connectivity index (χ4v) is 3.30. The molecule has 7 nitrogen and oxygen atoms in total. The van der Waals surface area contributed by atoms with Crippen LogP contribution in [0.3, 0.4) is 0 Å². The van der Waals surface area contributed by atoms with E-state index >= 15 is 0 Å². The topological polar surface area (TPSA) is 114 Å². The molecule has 0 aliphatic rings. The number of sulfonamides is 1. The van der Waals surface area contributed by atoms with Gasteiger partial charge in [0.2, 0.25) is 0 Å². The van der Waals surface area contributed by atoms with E-state index in [1.54, 1.807) is 25.6 Å². The number of nitriles is 1. The van der Waals surface area contributed by atoms with Crippen LogP contribution in [0, 0.1) is 25.2 Å². The number of nitrogens with one attached hydrogen (secondary N) is 1. The summed E-state index contributed by atoms with van der Waals surface area (Å²) < 4.78 is 29.0. The van der Waals surface area contributed by atoms with Gasteiger partial charge in [0.05, 0.1) is 22.6 Å². The molecule has 1 aromatic heterocycles. The lowest BCUT2D eigenvalue weighted by Gasteiger charge is -2.10. The smallest absolute Gasteiger partial charge is 0.263 e. The second kappa shape index (κ2) is 5.10. The molecule has 0 saturated carbocycles. The highest BCUT2D eigenvalue weighted by Crippen LogP contribution is 2.25. The van der Waals surface area contributed by atoms with Crippen LogP contribution in [-0.2, 0) is 17.1 Å². The summed E-state index contributed by atoms with van der Waals surface area (Å²) in [6, 6.07) is 5.93. The largest absolute Gasteiger partial charge is 0.399 e. The second-order valence-electron chi connectivity index (χ2n) is 4.64. The molecule has 1 aromatic carbocycles. The maximum atomic E-state index is 12.5. The third-order valence-corrected chi connectivity index (χ3v) is 4.57. The molecule has 21 heavy (non-hydrogen) atoms. The Kier molecular flexibility index (Phi) is 3.61. The molecule has 1 heterocycles. The van der Waals surface area contributed by atoms with Gasteiger partial charge in [-0.05, 0) is 32.0 Å². The number of nitrogens with zero attached hydrogens (tertiary/aromatic N) is 3. The lowest BCUT2D eigenvalue weighted by Crippen LogP contribution is -2.15. The molecule has 0 fully saturated rings. The van der Waals surface area contributed by atoms with E-state index in [4.69, 9.17) is 11.0 Å². The number of aromatic nitrogens is 2. The van der Waals surface area contributed by atoms with Crippen molar-refractivity contribution in [1.82, 2.24) is 9.78 Å². The molecule has 0 atom stereocenters.